The highest BCUT2D eigenvalue weighted by Gasteiger charge is 2.02. The average molecular weight is 222 g/mol. The normalized spacial score (nSPS) is 11.8. The Balaban J connectivity index is 3.58. The van der Waals surface area contributed by atoms with Crippen molar-refractivity contribution >= 4 is 0 Å². The van der Waals surface area contributed by atoms with Crippen LogP contribution in [0.2, 0.25) is 0 Å². The van der Waals surface area contributed by atoms with E-state index in [1.54, 1.807) is 0 Å². The molecule has 92 valence electrons. The Kier molecular flexibility index (Phi) is 7.70. The van der Waals surface area contributed by atoms with E-state index in [0.717, 1.165) is 24.4 Å². The van der Waals surface area contributed by atoms with Gasteiger partial charge < -0.3 is 4.74 Å². The Labute approximate surface area is 101 Å². The lowest BCUT2D eigenvalue weighted by Gasteiger charge is -2.12. The number of hydrogen-bond donors (Lipinski definition) is 0. The molecule has 0 saturated carbocycles. The van der Waals surface area contributed by atoms with Gasteiger partial charge in [-0.2, -0.15) is 0 Å². The van der Waals surface area contributed by atoms with E-state index in [-0.39, 0.29) is 0 Å². The van der Waals surface area contributed by atoms with Crippen LogP contribution in [-0.4, -0.2) is 6.61 Å². The molecule has 0 aliphatic rings. The van der Waals surface area contributed by atoms with E-state index < -0.39 is 0 Å². The fourth-order valence-corrected chi connectivity index (χ4v) is 1.31. The monoisotopic (exact) mass is 222 g/mol. The summed E-state index contributed by atoms with van der Waals surface area (Å²) in [6.45, 7) is 16.8. The first-order valence-electron chi connectivity index (χ1n) is 6.04. The summed E-state index contributed by atoms with van der Waals surface area (Å²) in [5.41, 5.74) is 2.32. The van der Waals surface area contributed by atoms with Gasteiger partial charge in [0.25, 0.3) is 0 Å². The van der Waals surface area contributed by atoms with Gasteiger partial charge >= 0.3 is 0 Å². The van der Waals surface area contributed by atoms with E-state index in [1.165, 1.54) is 18.4 Å². The first-order valence-corrected chi connectivity index (χ1v) is 6.04. The van der Waals surface area contributed by atoms with Crippen molar-refractivity contribution in [3.63, 3.8) is 0 Å². The van der Waals surface area contributed by atoms with E-state index in [9.17, 15) is 0 Å². The fourth-order valence-electron chi connectivity index (χ4n) is 1.31. The number of ether oxygens (including phenoxy) is 1. The quantitative estimate of drug-likeness (QED) is 0.323. The molecular formula is C15H26O. The van der Waals surface area contributed by atoms with Crippen molar-refractivity contribution in [1.29, 1.82) is 0 Å². The van der Waals surface area contributed by atoms with Crippen LogP contribution in [0.4, 0.5) is 0 Å². The molecule has 0 aromatic rings. The minimum absolute atomic E-state index is 0.702. The van der Waals surface area contributed by atoms with Crippen molar-refractivity contribution in [2.24, 2.45) is 5.92 Å². The lowest BCUT2D eigenvalue weighted by atomic mass is 10.0. The summed E-state index contributed by atoms with van der Waals surface area (Å²) >= 11 is 0. The molecule has 0 rings (SSSR count). The summed E-state index contributed by atoms with van der Waals surface area (Å²) < 4.78 is 5.49. The van der Waals surface area contributed by atoms with Crippen molar-refractivity contribution in [3.8, 4) is 0 Å². The van der Waals surface area contributed by atoms with E-state index in [1.807, 2.05) is 6.92 Å². The molecule has 1 heteroatoms. The topological polar surface area (TPSA) is 9.23 Å². The standard InChI is InChI=1S/C15H26O/c1-12(2)8-7-9-14(5)10-11-16-15(6)13(3)4/h8,14H,3,6-7,9-11H2,1-2,4-5H3. The van der Waals surface area contributed by atoms with Crippen molar-refractivity contribution < 1.29 is 4.74 Å². The molecule has 0 heterocycles. The van der Waals surface area contributed by atoms with Crippen LogP contribution in [0.1, 0.15) is 47.0 Å². The summed E-state index contributed by atoms with van der Waals surface area (Å²) in [6.07, 6.45) is 5.78. The van der Waals surface area contributed by atoms with E-state index in [4.69, 9.17) is 4.74 Å². The molecule has 0 bridgehead atoms. The molecule has 1 unspecified atom stereocenters. The number of rotatable bonds is 8. The smallest absolute Gasteiger partial charge is 0.114 e. The van der Waals surface area contributed by atoms with E-state index in [2.05, 4.69) is 40.0 Å². The van der Waals surface area contributed by atoms with Gasteiger partial charge in [-0.05, 0) is 51.5 Å². The Hall–Kier alpha value is -0.980. The minimum atomic E-state index is 0.702. The first-order chi connectivity index (χ1) is 7.43. The van der Waals surface area contributed by atoms with Gasteiger partial charge in [0, 0.05) is 0 Å². The van der Waals surface area contributed by atoms with E-state index >= 15 is 0 Å². The highest BCUT2D eigenvalue weighted by Crippen LogP contribution is 2.13. The zero-order valence-corrected chi connectivity index (χ0v) is 11.3. The van der Waals surface area contributed by atoms with Gasteiger partial charge in [-0.1, -0.05) is 31.7 Å². The first kappa shape index (κ1) is 15.0. The Morgan fingerprint density at radius 3 is 2.31 bits per heavy atom. The van der Waals surface area contributed by atoms with Gasteiger partial charge in [-0.25, -0.2) is 0 Å². The van der Waals surface area contributed by atoms with Crippen LogP contribution < -0.4 is 0 Å². The molecule has 1 nitrogen and oxygen atoms in total. The van der Waals surface area contributed by atoms with Gasteiger partial charge in [0.1, 0.15) is 5.76 Å². The largest absolute Gasteiger partial charge is 0.494 e. The zero-order valence-electron chi connectivity index (χ0n) is 11.3. The minimum Gasteiger partial charge on any atom is -0.494 e. The maximum Gasteiger partial charge on any atom is 0.114 e. The summed E-state index contributed by atoms with van der Waals surface area (Å²) in [5.74, 6) is 1.42. The highest BCUT2D eigenvalue weighted by molar-refractivity contribution is 5.15. The second-order valence-electron chi connectivity index (χ2n) is 4.80. The van der Waals surface area contributed by atoms with Crippen LogP contribution in [0.5, 0.6) is 0 Å². The van der Waals surface area contributed by atoms with Crippen LogP contribution in [0, 0.1) is 5.92 Å². The Morgan fingerprint density at radius 2 is 1.81 bits per heavy atom. The molecule has 0 amide bonds. The molecule has 16 heavy (non-hydrogen) atoms. The molecule has 0 fully saturated rings. The van der Waals surface area contributed by atoms with Gasteiger partial charge in [0.2, 0.25) is 0 Å². The van der Waals surface area contributed by atoms with Crippen LogP contribution in [0.15, 0.2) is 36.1 Å². The average Bonchev–Trinajstić information content (AvgIpc) is 2.16. The molecule has 0 saturated heterocycles. The van der Waals surface area contributed by atoms with Gasteiger partial charge in [-0.15, -0.1) is 0 Å². The molecule has 0 N–H and O–H groups in total. The third kappa shape index (κ3) is 8.34. The molecular weight excluding hydrogens is 196 g/mol. The second-order valence-corrected chi connectivity index (χ2v) is 4.80. The maximum atomic E-state index is 5.49. The van der Waals surface area contributed by atoms with Gasteiger partial charge in [0.15, 0.2) is 0 Å². The number of hydrogen-bond acceptors (Lipinski definition) is 1. The molecule has 0 aliphatic heterocycles. The fraction of sp³-hybridized carbons (Fsp3) is 0.600. The van der Waals surface area contributed by atoms with Crippen molar-refractivity contribution in [2.45, 2.75) is 47.0 Å². The SMILES string of the molecule is C=C(C)C(=C)OCCC(C)CCC=C(C)C. The zero-order chi connectivity index (χ0) is 12.6. The third-order valence-corrected chi connectivity index (χ3v) is 2.58. The Bertz CT molecular complexity index is 257. The van der Waals surface area contributed by atoms with Gasteiger partial charge in [0.05, 0.1) is 6.61 Å². The molecule has 0 aliphatic carbocycles. The summed E-state index contributed by atoms with van der Waals surface area (Å²) in [4.78, 5) is 0. The summed E-state index contributed by atoms with van der Waals surface area (Å²) in [6, 6.07) is 0. The second kappa shape index (κ2) is 8.20. The highest BCUT2D eigenvalue weighted by atomic mass is 16.5. The lowest BCUT2D eigenvalue weighted by molar-refractivity contribution is 0.199. The van der Waals surface area contributed by atoms with Crippen LogP contribution in [-0.2, 0) is 4.74 Å². The van der Waals surface area contributed by atoms with E-state index in [0.29, 0.717) is 5.92 Å². The molecule has 0 aromatic heterocycles. The summed E-state index contributed by atoms with van der Waals surface area (Å²) in [7, 11) is 0. The molecule has 0 radical (unpaired) electrons. The van der Waals surface area contributed by atoms with Crippen LogP contribution >= 0.6 is 0 Å². The number of allylic oxidation sites excluding steroid dienone is 3. The van der Waals surface area contributed by atoms with Crippen molar-refractivity contribution in [1.82, 2.24) is 0 Å². The molecule has 0 aromatic carbocycles. The predicted octanol–water partition coefficient (Wildman–Crippen LogP) is 4.87. The van der Waals surface area contributed by atoms with Crippen LogP contribution in [0.3, 0.4) is 0 Å². The van der Waals surface area contributed by atoms with Crippen molar-refractivity contribution in [3.05, 3.63) is 36.1 Å². The van der Waals surface area contributed by atoms with Gasteiger partial charge in [-0.3, -0.25) is 0 Å². The molecule has 0 spiro atoms. The van der Waals surface area contributed by atoms with Crippen LogP contribution in [0.25, 0.3) is 0 Å². The Morgan fingerprint density at radius 1 is 1.19 bits per heavy atom. The summed E-state index contributed by atoms with van der Waals surface area (Å²) in [5, 5.41) is 0. The predicted molar refractivity (Wildman–Crippen MR) is 72.4 cm³/mol. The third-order valence-electron chi connectivity index (χ3n) is 2.58. The maximum absolute atomic E-state index is 5.49. The van der Waals surface area contributed by atoms with Crippen molar-refractivity contribution in [2.75, 3.05) is 6.61 Å². The lowest BCUT2D eigenvalue weighted by Crippen LogP contribution is -2.02. The molecule has 1 atom stereocenters.